The van der Waals surface area contributed by atoms with Crippen molar-refractivity contribution in [2.75, 3.05) is 39.4 Å². The fourth-order valence-corrected chi connectivity index (χ4v) is 3.77. The van der Waals surface area contributed by atoms with E-state index in [4.69, 9.17) is 9.73 Å². The van der Waals surface area contributed by atoms with Gasteiger partial charge in [0.25, 0.3) is 0 Å². The second-order valence-corrected chi connectivity index (χ2v) is 7.89. The SMILES string of the molecule is CCNC(=NCC(C)(C)c1ccccc1)N1CCC2(CCOC2)C1.I. The molecular weight excluding hydrogens is 425 g/mol. The van der Waals surface area contributed by atoms with Crippen molar-refractivity contribution in [1.82, 2.24) is 10.2 Å². The zero-order valence-corrected chi connectivity index (χ0v) is 18.1. The molecule has 0 saturated carbocycles. The first-order chi connectivity index (χ1) is 11.5. The van der Waals surface area contributed by atoms with E-state index in [0.29, 0.717) is 5.41 Å². The van der Waals surface area contributed by atoms with Crippen molar-refractivity contribution >= 4 is 29.9 Å². The highest BCUT2D eigenvalue weighted by molar-refractivity contribution is 14.0. The molecule has 0 radical (unpaired) electrons. The number of benzene rings is 1. The van der Waals surface area contributed by atoms with Gasteiger partial charge in [-0.2, -0.15) is 0 Å². The van der Waals surface area contributed by atoms with E-state index in [0.717, 1.165) is 45.4 Å². The van der Waals surface area contributed by atoms with Crippen molar-refractivity contribution in [1.29, 1.82) is 0 Å². The van der Waals surface area contributed by atoms with Crippen molar-refractivity contribution in [2.45, 2.75) is 39.0 Å². The van der Waals surface area contributed by atoms with E-state index in [2.05, 4.69) is 61.3 Å². The maximum atomic E-state index is 5.66. The number of guanidine groups is 1. The van der Waals surface area contributed by atoms with Crippen LogP contribution in [-0.2, 0) is 10.2 Å². The van der Waals surface area contributed by atoms with Gasteiger partial charge in [0, 0.05) is 37.1 Å². The van der Waals surface area contributed by atoms with Crippen LogP contribution in [0.3, 0.4) is 0 Å². The molecule has 25 heavy (non-hydrogen) atoms. The average molecular weight is 457 g/mol. The van der Waals surface area contributed by atoms with Crippen LogP contribution in [0.25, 0.3) is 0 Å². The zero-order chi connectivity index (χ0) is 17.0. The van der Waals surface area contributed by atoms with E-state index in [1.54, 1.807) is 0 Å². The summed E-state index contributed by atoms with van der Waals surface area (Å²) >= 11 is 0. The fraction of sp³-hybridized carbons (Fsp3) is 0.650. The summed E-state index contributed by atoms with van der Waals surface area (Å²) in [5, 5.41) is 3.49. The molecule has 1 unspecified atom stereocenters. The van der Waals surface area contributed by atoms with Crippen molar-refractivity contribution < 1.29 is 4.74 Å². The van der Waals surface area contributed by atoms with Gasteiger partial charge < -0.3 is 15.0 Å². The van der Waals surface area contributed by atoms with Gasteiger partial charge in [0.2, 0.25) is 0 Å². The fourth-order valence-electron chi connectivity index (χ4n) is 3.77. The summed E-state index contributed by atoms with van der Waals surface area (Å²) in [5.74, 6) is 1.06. The van der Waals surface area contributed by atoms with Crippen molar-refractivity contribution in [3.8, 4) is 0 Å². The Morgan fingerprint density at radius 3 is 2.68 bits per heavy atom. The minimum Gasteiger partial charge on any atom is -0.381 e. The quantitative estimate of drug-likeness (QED) is 0.426. The van der Waals surface area contributed by atoms with E-state index < -0.39 is 0 Å². The number of nitrogens with one attached hydrogen (secondary N) is 1. The minimum absolute atomic E-state index is 0. The average Bonchev–Trinajstić information content (AvgIpc) is 3.23. The molecule has 1 atom stereocenters. The monoisotopic (exact) mass is 457 g/mol. The van der Waals surface area contributed by atoms with Crippen LogP contribution in [-0.4, -0.2) is 50.3 Å². The van der Waals surface area contributed by atoms with E-state index in [9.17, 15) is 0 Å². The lowest BCUT2D eigenvalue weighted by Crippen LogP contribution is -2.42. The molecule has 1 aromatic carbocycles. The predicted molar refractivity (Wildman–Crippen MR) is 115 cm³/mol. The van der Waals surface area contributed by atoms with Gasteiger partial charge in [-0.15, -0.1) is 24.0 Å². The summed E-state index contributed by atoms with van der Waals surface area (Å²) in [5.41, 5.74) is 1.74. The lowest BCUT2D eigenvalue weighted by atomic mass is 9.85. The standard InChI is InChI=1S/C20H31N3O.HI/c1-4-21-18(23-12-10-20(15-23)11-13-24-16-20)22-14-19(2,3)17-8-6-5-7-9-17;/h5-9H,4,10-16H2,1-3H3,(H,21,22);1H. The number of hydrogen-bond acceptors (Lipinski definition) is 2. The van der Waals surface area contributed by atoms with Crippen LogP contribution in [0.2, 0.25) is 0 Å². The van der Waals surface area contributed by atoms with Gasteiger partial charge >= 0.3 is 0 Å². The third-order valence-corrected chi connectivity index (χ3v) is 5.44. The Kier molecular flexibility index (Phi) is 7.14. The zero-order valence-electron chi connectivity index (χ0n) is 15.8. The Labute approximate surface area is 169 Å². The van der Waals surface area contributed by atoms with Crippen LogP contribution in [0.15, 0.2) is 35.3 Å². The Bertz CT molecular complexity index is 568. The van der Waals surface area contributed by atoms with Crippen LogP contribution in [0.5, 0.6) is 0 Å². The molecule has 0 amide bonds. The van der Waals surface area contributed by atoms with Crippen LogP contribution in [0.4, 0.5) is 0 Å². The molecule has 0 bridgehead atoms. The van der Waals surface area contributed by atoms with Crippen LogP contribution in [0, 0.1) is 5.41 Å². The summed E-state index contributed by atoms with van der Waals surface area (Å²) in [6.07, 6.45) is 2.41. The van der Waals surface area contributed by atoms with Gasteiger partial charge in [-0.05, 0) is 25.3 Å². The Morgan fingerprint density at radius 1 is 1.28 bits per heavy atom. The maximum absolute atomic E-state index is 5.66. The number of likely N-dealkylation sites (tertiary alicyclic amines) is 1. The summed E-state index contributed by atoms with van der Waals surface area (Å²) in [7, 11) is 0. The van der Waals surface area contributed by atoms with Crippen LogP contribution >= 0.6 is 24.0 Å². The molecule has 5 heteroatoms. The first-order valence-electron chi connectivity index (χ1n) is 9.21. The molecule has 3 rings (SSSR count). The smallest absolute Gasteiger partial charge is 0.193 e. The number of aliphatic imine (C=N–C) groups is 1. The third-order valence-electron chi connectivity index (χ3n) is 5.44. The van der Waals surface area contributed by atoms with Gasteiger partial charge in [0.05, 0.1) is 13.2 Å². The van der Waals surface area contributed by atoms with Gasteiger partial charge in [-0.1, -0.05) is 44.2 Å². The third kappa shape index (κ3) is 4.88. The second-order valence-electron chi connectivity index (χ2n) is 7.89. The Morgan fingerprint density at radius 2 is 2.04 bits per heavy atom. The molecule has 2 aliphatic rings. The summed E-state index contributed by atoms with van der Waals surface area (Å²) in [4.78, 5) is 7.42. The number of rotatable bonds is 4. The molecule has 1 N–H and O–H groups in total. The number of ether oxygens (including phenoxy) is 1. The van der Waals surface area contributed by atoms with Crippen molar-refractivity contribution in [3.05, 3.63) is 35.9 Å². The maximum Gasteiger partial charge on any atom is 0.193 e. The number of nitrogens with zero attached hydrogens (tertiary/aromatic N) is 2. The highest BCUT2D eigenvalue weighted by Gasteiger charge is 2.42. The molecule has 1 aromatic rings. The van der Waals surface area contributed by atoms with E-state index in [-0.39, 0.29) is 29.4 Å². The molecule has 2 saturated heterocycles. The highest BCUT2D eigenvalue weighted by atomic mass is 127. The molecule has 140 valence electrons. The molecular formula is C20H32IN3O. The normalized spacial score (nSPS) is 23.8. The Balaban J connectivity index is 0.00000225. The largest absolute Gasteiger partial charge is 0.381 e. The molecule has 0 aliphatic carbocycles. The lowest BCUT2D eigenvalue weighted by Gasteiger charge is -2.27. The summed E-state index contributed by atoms with van der Waals surface area (Å²) < 4.78 is 5.66. The van der Waals surface area contributed by atoms with Crippen LogP contribution < -0.4 is 5.32 Å². The lowest BCUT2D eigenvalue weighted by molar-refractivity contribution is 0.156. The van der Waals surface area contributed by atoms with Gasteiger partial charge in [-0.3, -0.25) is 4.99 Å². The topological polar surface area (TPSA) is 36.9 Å². The van der Waals surface area contributed by atoms with E-state index in [1.807, 2.05) is 0 Å². The van der Waals surface area contributed by atoms with Gasteiger partial charge in [0.15, 0.2) is 5.96 Å². The van der Waals surface area contributed by atoms with E-state index in [1.165, 1.54) is 18.4 Å². The van der Waals surface area contributed by atoms with Crippen molar-refractivity contribution in [2.24, 2.45) is 10.4 Å². The van der Waals surface area contributed by atoms with Gasteiger partial charge in [-0.25, -0.2) is 0 Å². The second kappa shape index (κ2) is 8.71. The number of halogens is 1. The van der Waals surface area contributed by atoms with Crippen LogP contribution in [0.1, 0.15) is 39.2 Å². The number of hydrogen-bond donors (Lipinski definition) is 1. The first kappa shape index (κ1) is 20.5. The molecule has 2 heterocycles. The molecule has 2 fully saturated rings. The molecule has 0 aromatic heterocycles. The molecule has 2 aliphatic heterocycles. The molecule has 4 nitrogen and oxygen atoms in total. The summed E-state index contributed by atoms with van der Waals surface area (Å²) in [6, 6.07) is 10.7. The highest BCUT2D eigenvalue weighted by Crippen LogP contribution is 2.38. The van der Waals surface area contributed by atoms with Gasteiger partial charge in [0.1, 0.15) is 0 Å². The predicted octanol–water partition coefficient (Wildman–Crippen LogP) is 3.66. The van der Waals surface area contributed by atoms with Crippen molar-refractivity contribution in [3.63, 3.8) is 0 Å². The van der Waals surface area contributed by atoms with E-state index >= 15 is 0 Å². The minimum atomic E-state index is 0. The Hall–Kier alpha value is -0.820. The first-order valence-corrected chi connectivity index (χ1v) is 9.21. The summed E-state index contributed by atoms with van der Waals surface area (Å²) in [6.45, 7) is 12.4. The molecule has 1 spiro atoms.